The van der Waals surface area contributed by atoms with E-state index in [1.165, 1.54) is 12.5 Å². The monoisotopic (exact) mass is 711 g/mol. The van der Waals surface area contributed by atoms with Crippen molar-refractivity contribution in [2.75, 3.05) is 32.2 Å². The number of carboxylic acid groups (broad SMARTS) is 1. The van der Waals surface area contributed by atoms with Gasteiger partial charge < -0.3 is 19.9 Å². The summed E-state index contributed by atoms with van der Waals surface area (Å²) in [5.74, 6) is 0.464. The Morgan fingerprint density at radius 2 is 1.80 bits per heavy atom. The number of carboxylic acids is 1. The zero-order chi connectivity index (χ0) is 37.5. The van der Waals surface area contributed by atoms with Crippen molar-refractivity contribution in [3.63, 3.8) is 0 Å². The van der Waals surface area contributed by atoms with Crippen molar-refractivity contribution < 1.29 is 24.2 Å². The second kappa shape index (κ2) is 12.9. The topological polar surface area (TPSA) is 140 Å². The number of aromatic nitrogens is 4. The molecule has 11 nitrogen and oxygen atoms in total. The van der Waals surface area contributed by atoms with Gasteiger partial charge in [0.1, 0.15) is 0 Å². The number of hydrogen-bond donors (Lipinski definition) is 3. The number of ether oxygens (including phenoxy) is 2. The molecular weight excluding hydrogens is 644 g/mol. The highest BCUT2D eigenvalue weighted by molar-refractivity contribution is 5.86. The first-order valence-corrected chi connectivity index (χ1v) is 19.6. The van der Waals surface area contributed by atoms with Crippen LogP contribution in [0.2, 0.25) is 0 Å². The molecular formula is C40H66N6O5. The first-order chi connectivity index (χ1) is 23.8. The Balaban J connectivity index is 1.53. The van der Waals surface area contributed by atoms with Gasteiger partial charge in [0.25, 0.3) is 0 Å². The molecule has 3 saturated carbocycles. The van der Waals surface area contributed by atoms with E-state index in [0.29, 0.717) is 49.9 Å². The number of fused-ring (bicyclic) bond motifs is 3. The van der Waals surface area contributed by atoms with E-state index in [0.717, 1.165) is 32.1 Å². The van der Waals surface area contributed by atoms with E-state index >= 15 is 0 Å². The zero-order valence-corrected chi connectivity index (χ0v) is 33.4. The molecule has 2 bridgehead atoms. The minimum atomic E-state index is -0.654. The van der Waals surface area contributed by atoms with Crippen molar-refractivity contribution in [1.82, 2.24) is 25.5 Å². The first kappa shape index (κ1) is 38.4. The zero-order valence-electron chi connectivity index (χ0n) is 33.4. The highest BCUT2D eigenvalue weighted by Gasteiger charge is 2.73. The number of nitrogens with one attached hydrogen (secondary N) is 2. The van der Waals surface area contributed by atoms with Crippen LogP contribution in [0.25, 0.3) is 0 Å². The Labute approximate surface area is 305 Å². The largest absolute Gasteiger partial charge is 0.481 e. The maximum absolute atomic E-state index is 13.6. The van der Waals surface area contributed by atoms with Crippen LogP contribution in [-0.4, -0.2) is 75.7 Å². The molecule has 1 saturated heterocycles. The Hall–Kier alpha value is -2.37. The second-order valence-corrected chi connectivity index (χ2v) is 19.3. The number of carbonyl (C=O) groups excluding carboxylic acids is 1. The van der Waals surface area contributed by atoms with Crippen LogP contribution in [0.15, 0.2) is 11.6 Å². The average molecular weight is 711 g/mol. The minimum Gasteiger partial charge on any atom is -0.481 e. The molecule has 1 amide bonds. The number of anilines is 1. The molecule has 6 rings (SSSR count). The highest BCUT2D eigenvalue weighted by atomic mass is 16.5. The van der Waals surface area contributed by atoms with Gasteiger partial charge in [-0.15, -0.1) is 0 Å². The number of tetrazole rings is 1. The summed E-state index contributed by atoms with van der Waals surface area (Å²) in [5.41, 5.74) is -0.503. The van der Waals surface area contributed by atoms with Gasteiger partial charge in [-0.1, -0.05) is 79.1 Å². The number of aliphatic carboxylic acids is 1. The summed E-state index contributed by atoms with van der Waals surface area (Å²) in [7, 11) is 2.00. The van der Waals surface area contributed by atoms with E-state index in [9.17, 15) is 14.7 Å². The van der Waals surface area contributed by atoms with Gasteiger partial charge in [0.05, 0.1) is 37.9 Å². The summed E-state index contributed by atoms with van der Waals surface area (Å²) in [5, 5.41) is 30.4. The summed E-state index contributed by atoms with van der Waals surface area (Å²) in [6, 6.07) is -0.255. The highest BCUT2D eigenvalue weighted by Crippen LogP contribution is 2.75. The van der Waals surface area contributed by atoms with Crippen LogP contribution in [-0.2, 0) is 19.1 Å². The molecule has 4 aliphatic carbocycles. The van der Waals surface area contributed by atoms with E-state index in [1.807, 2.05) is 7.05 Å². The van der Waals surface area contributed by atoms with Gasteiger partial charge in [0, 0.05) is 17.9 Å². The van der Waals surface area contributed by atoms with Crippen LogP contribution >= 0.6 is 0 Å². The number of hydrogen-bond acceptors (Lipinski definition) is 8. The molecule has 12 atom stereocenters. The third-order valence-electron chi connectivity index (χ3n) is 16.5. The lowest BCUT2D eigenvalue weighted by Gasteiger charge is -2.71. The number of allylic oxidation sites excluding steroid dienone is 1. The summed E-state index contributed by atoms with van der Waals surface area (Å²) in [6.07, 6.45) is 7.51. The van der Waals surface area contributed by atoms with Gasteiger partial charge in [-0.25, -0.2) is 4.68 Å². The van der Waals surface area contributed by atoms with Crippen molar-refractivity contribution in [2.24, 2.45) is 62.6 Å². The molecule has 4 fully saturated rings. The van der Waals surface area contributed by atoms with E-state index < -0.39 is 22.7 Å². The lowest BCUT2D eigenvalue weighted by Crippen LogP contribution is -2.70. The lowest BCUT2D eigenvalue weighted by atomic mass is 9.34. The van der Waals surface area contributed by atoms with E-state index in [2.05, 4.69) is 101 Å². The van der Waals surface area contributed by atoms with Gasteiger partial charge in [0.2, 0.25) is 11.9 Å². The van der Waals surface area contributed by atoms with Crippen LogP contribution in [0.1, 0.15) is 121 Å². The number of carbonyl (C=O) groups is 2. The number of nitrogens with zero attached hydrogens (tertiary/aromatic N) is 4. The predicted octanol–water partition coefficient (Wildman–Crippen LogP) is 6.78. The molecule has 51 heavy (non-hydrogen) atoms. The van der Waals surface area contributed by atoms with Crippen LogP contribution in [0, 0.1) is 62.6 Å². The van der Waals surface area contributed by atoms with Gasteiger partial charge >= 0.3 is 5.97 Å². The SMILES string of the molecule is CN[C@@](C)(CO[C@H]1[C@H](n2nnnc2NC(C)=O)C[C@]2(C)COC[C@@]13C1=CC[C@@]4(C)[C@H](C(=O)O)[C@@](C)([C@H](C)C(C)C)CC[C@]4(C)[C@H]1CC[C@H]23)C(C)C. The Morgan fingerprint density at radius 3 is 2.41 bits per heavy atom. The molecule has 2 heterocycles. The summed E-state index contributed by atoms with van der Waals surface area (Å²) >= 11 is 0. The fourth-order valence-corrected chi connectivity index (χ4v) is 12.5. The molecule has 0 unspecified atom stereocenters. The summed E-state index contributed by atoms with van der Waals surface area (Å²) < 4.78 is 15.9. The van der Waals surface area contributed by atoms with Gasteiger partial charge in [-0.05, 0) is 114 Å². The van der Waals surface area contributed by atoms with Crippen LogP contribution in [0.3, 0.4) is 0 Å². The van der Waals surface area contributed by atoms with E-state index in [-0.39, 0.29) is 51.7 Å². The van der Waals surface area contributed by atoms with Gasteiger partial charge in [0.15, 0.2) is 0 Å². The molecule has 1 aliphatic heterocycles. The number of amides is 1. The smallest absolute Gasteiger partial charge is 0.307 e. The van der Waals surface area contributed by atoms with Crippen molar-refractivity contribution in [3.05, 3.63) is 11.6 Å². The summed E-state index contributed by atoms with van der Waals surface area (Å²) in [4.78, 5) is 25.9. The first-order valence-electron chi connectivity index (χ1n) is 19.6. The lowest BCUT2D eigenvalue weighted by molar-refractivity contribution is -0.255. The Morgan fingerprint density at radius 1 is 1.10 bits per heavy atom. The molecule has 3 N–H and O–H groups in total. The molecule has 11 heteroatoms. The number of likely N-dealkylation sites (N-methyl/N-ethyl adjacent to an activating group) is 1. The molecule has 1 aromatic rings. The van der Waals surface area contributed by atoms with Gasteiger partial charge in [-0.2, -0.15) is 0 Å². The molecule has 0 radical (unpaired) electrons. The van der Waals surface area contributed by atoms with Crippen molar-refractivity contribution >= 4 is 17.8 Å². The molecule has 5 aliphatic rings. The molecule has 1 aromatic heterocycles. The second-order valence-electron chi connectivity index (χ2n) is 19.3. The van der Waals surface area contributed by atoms with Crippen molar-refractivity contribution in [1.29, 1.82) is 0 Å². The molecule has 0 spiro atoms. The molecule has 0 aromatic carbocycles. The fourth-order valence-electron chi connectivity index (χ4n) is 12.5. The minimum absolute atomic E-state index is 0.179. The van der Waals surface area contributed by atoms with Crippen LogP contribution in [0.4, 0.5) is 5.95 Å². The Bertz CT molecular complexity index is 1540. The Kier molecular flexibility index (Phi) is 9.70. The van der Waals surface area contributed by atoms with Crippen molar-refractivity contribution in [3.8, 4) is 0 Å². The fraction of sp³-hybridized carbons (Fsp3) is 0.875. The van der Waals surface area contributed by atoms with Crippen LogP contribution < -0.4 is 10.6 Å². The van der Waals surface area contributed by atoms with Crippen molar-refractivity contribution in [2.45, 2.75) is 132 Å². The van der Waals surface area contributed by atoms with Gasteiger partial charge in [-0.3, -0.25) is 14.9 Å². The maximum Gasteiger partial charge on any atom is 0.307 e. The summed E-state index contributed by atoms with van der Waals surface area (Å²) in [6.45, 7) is 25.9. The standard InChI is InChI=1S/C40H66N6O5/c1-23(2)25(5)36(8)17-18-37(9)27-13-14-30-35(7)19-29(46-34(42-26(6)47)43-44-45-46)32(51-21-39(11,41-12)24(3)4)40(30,22-50-20-35)28(27)15-16-38(37,10)31(36)33(48)49/h15,23-25,27,29-32,41H,13-14,16-22H2,1-12H3,(H,48,49)(H,42,43,45,47)/t25-,27+,29-,30-,31-,32+,35-,36-,37-,38+,39+,40+/m1/s1. The van der Waals surface area contributed by atoms with Crippen LogP contribution in [0.5, 0.6) is 0 Å². The van der Waals surface area contributed by atoms with E-state index in [4.69, 9.17) is 9.47 Å². The molecule has 286 valence electrons. The maximum atomic E-state index is 13.6. The third kappa shape index (κ3) is 5.47. The quantitative estimate of drug-likeness (QED) is 0.224. The predicted molar refractivity (Wildman–Crippen MR) is 197 cm³/mol. The third-order valence-corrected chi connectivity index (χ3v) is 16.5. The average Bonchev–Trinajstić information content (AvgIpc) is 3.50. The number of rotatable bonds is 10. The van der Waals surface area contributed by atoms with E-state index in [1.54, 1.807) is 4.68 Å². The normalized spacial score (nSPS) is 42.2.